The van der Waals surface area contributed by atoms with Gasteiger partial charge in [-0.3, -0.25) is 4.79 Å². The molecule has 154 valence electrons. The zero-order valence-electron chi connectivity index (χ0n) is 16.9. The number of anilines is 1. The number of nitrogens with zero attached hydrogens (tertiary/aromatic N) is 3. The molecule has 2 aromatic carbocycles. The lowest BCUT2D eigenvalue weighted by Crippen LogP contribution is -2.07. The first kappa shape index (κ1) is 21.7. The van der Waals surface area contributed by atoms with Crippen molar-refractivity contribution in [2.24, 2.45) is 0 Å². The second-order valence-electron chi connectivity index (χ2n) is 6.29. The number of hydrogen-bond donors (Lipinski definition) is 1. The van der Waals surface area contributed by atoms with E-state index in [1.165, 1.54) is 14.2 Å². The van der Waals surface area contributed by atoms with E-state index in [0.717, 1.165) is 11.8 Å². The van der Waals surface area contributed by atoms with E-state index in [4.69, 9.17) is 15.2 Å². The van der Waals surface area contributed by atoms with Gasteiger partial charge in [0.2, 0.25) is 0 Å². The van der Waals surface area contributed by atoms with Crippen LogP contribution in [0.4, 0.5) is 5.82 Å². The molecule has 0 saturated heterocycles. The Balaban J connectivity index is 1.98. The number of ether oxygens (including phenoxy) is 2. The minimum atomic E-state index is -0.209. The number of nitrogen functional groups attached to an aromatic ring is 1. The quantitative estimate of drug-likeness (QED) is 0.440. The van der Waals surface area contributed by atoms with Gasteiger partial charge >= 0.3 is 0 Å². The lowest BCUT2D eigenvalue weighted by atomic mass is 9.97. The topological polar surface area (TPSA) is 122 Å². The summed E-state index contributed by atoms with van der Waals surface area (Å²) in [5.41, 5.74) is 7.83. The van der Waals surface area contributed by atoms with Crippen LogP contribution in [0.25, 0.3) is 11.1 Å². The molecule has 7 nitrogen and oxygen atoms in total. The van der Waals surface area contributed by atoms with Gasteiger partial charge in [-0.25, -0.2) is 4.98 Å². The number of nitrogens with two attached hydrogens (primary N) is 1. The van der Waals surface area contributed by atoms with Gasteiger partial charge in [-0.2, -0.15) is 10.5 Å². The highest BCUT2D eigenvalue weighted by Crippen LogP contribution is 2.36. The predicted molar refractivity (Wildman–Crippen MR) is 118 cm³/mol. The van der Waals surface area contributed by atoms with Crippen LogP contribution in [0.5, 0.6) is 11.5 Å². The van der Waals surface area contributed by atoms with Gasteiger partial charge in [0, 0.05) is 11.6 Å². The molecule has 1 aromatic heterocycles. The molecule has 2 N–H and O–H groups in total. The third-order valence-corrected chi connectivity index (χ3v) is 5.50. The SMILES string of the molecule is COc1ccc(C(=O)CSc2nc(N)c(C#N)c(-c3ccccc3)c2C#N)c(OC)c1. The molecule has 0 aliphatic rings. The van der Waals surface area contributed by atoms with E-state index in [0.29, 0.717) is 33.2 Å². The molecule has 0 saturated carbocycles. The van der Waals surface area contributed by atoms with Crippen LogP contribution in [0.15, 0.2) is 53.6 Å². The molecule has 0 unspecified atom stereocenters. The largest absolute Gasteiger partial charge is 0.497 e. The van der Waals surface area contributed by atoms with Crippen LogP contribution in [0.1, 0.15) is 21.5 Å². The molecule has 0 atom stereocenters. The van der Waals surface area contributed by atoms with Gasteiger partial charge in [0.05, 0.1) is 31.1 Å². The Hall–Kier alpha value is -4.01. The molecule has 3 aromatic rings. The first-order chi connectivity index (χ1) is 15.0. The summed E-state index contributed by atoms with van der Waals surface area (Å²) in [5.74, 6) is 0.769. The van der Waals surface area contributed by atoms with Gasteiger partial charge < -0.3 is 15.2 Å². The number of carbonyl (C=O) groups is 1. The molecule has 8 heteroatoms. The summed E-state index contributed by atoms with van der Waals surface area (Å²) in [6.07, 6.45) is 0. The van der Waals surface area contributed by atoms with E-state index in [1.54, 1.807) is 42.5 Å². The van der Waals surface area contributed by atoms with Crippen molar-refractivity contribution in [1.29, 1.82) is 10.5 Å². The average molecular weight is 430 g/mol. The Morgan fingerprint density at radius 1 is 1.06 bits per heavy atom. The first-order valence-electron chi connectivity index (χ1n) is 9.11. The number of hydrogen-bond acceptors (Lipinski definition) is 8. The molecule has 0 fully saturated rings. The monoisotopic (exact) mass is 430 g/mol. The van der Waals surface area contributed by atoms with Gasteiger partial charge in [-0.1, -0.05) is 42.1 Å². The number of benzene rings is 2. The summed E-state index contributed by atoms with van der Waals surface area (Å²) < 4.78 is 10.5. The minimum absolute atomic E-state index is 0.00391. The number of carbonyl (C=O) groups excluding carboxylic acids is 1. The van der Waals surface area contributed by atoms with Crippen molar-refractivity contribution in [1.82, 2.24) is 4.98 Å². The maximum atomic E-state index is 12.8. The third kappa shape index (κ3) is 4.45. The highest BCUT2D eigenvalue weighted by molar-refractivity contribution is 8.00. The van der Waals surface area contributed by atoms with Crippen LogP contribution < -0.4 is 15.2 Å². The van der Waals surface area contributed by atoms with Gasteiger partial charge in [0.25, 0.3) is 0 Å². The number of rotatable bonds is 7. The van der Waals surface area contributed by atoms with Crippen molar-refractivity contribution in [3.05, 3.63) is 65.2 Å². The van der Waals surface area contributed by atoms with Crippen molar-refractivity contribution in [2.45, 2.75) is 5.03 Å². The summed E-state index contributed by atoms with van der Waals surface area (Å²) in [7, 11) is 3.00. The Bertz CT molecular complexity index is 1210. The first-order valence-corrected chi connectivity index (χ1v) is 10.1. The van der Waals surface area contributed by atoms with E-state index < -0.39 is 0 Å². The van der Waals surface area contributed by atoms with Crippen molar-refractivity contribution >= 4 is 23.4 Å². The molecule has 3 rings (SSSR count). The zero-order valence-corrected chi connectivity index (χ0v) is 17.7. The van der Waals surface area contributed by atoms with Crippen molar-refractivity contribution in [3.8, 4) is 34.8 Å². The molecule has 0 radical (unpaired) electrons. The molecule has 1 heterocycles. The number of methoxy groups -OCH3 is 2. The normalized spacial score (nSPS) is 10.1. The number of ketones is 1. The summed E-state index contributed by atoms with van der Waals surface area (Å²) in [6, 6.07) is 18.1. The molecule has 0 aliphatic heterocycles. The molecule has 0 aliphatic carbocycles. The van der Waals surface area contributed by atoms with E-state index in [-0.39, 0.29) is 28.5 Å². The fourth-order valence-corrected chi connectivity index (χ4v) is 3.91. The summed E-state index contributed by atoms with van der Waals surface area (Å²) in [6.45, 7) is 0. The summed E-state index contributed by atoms with van der Waals surface area (Å²) in [4.78, 5) is 17.1. The van der Waals surface area contributed by atoms with E-state index in [2.05, 4.69) is 11.1 Å². The van der Waals surface area contributed by atoms with E-state index >= 15 is 0 Å². The fourth-order valence-electron chi connectivity index (χ4n) is 3.04. The third-order valence-electron chi connectivity index (χ3n) is 4.53. The Morgan fingerprint density at radius 3 is 2.39 bits per heavy atom. The molecular weight excluding hydrogens is 412 g/mol. The van der Waals surface area contributed by atoms with E-state index in [9.17, 15) is 15.3 Å². The molecular formula is C23H18N4O3S. The average Bonchev–Trinajstić information content (AvgIpc) is 2.81. The van der Waals surface area contributed by atoms with Crippen LogP contribution >= 0.6 is 11.8 Å². The fraction of sp³-hybridized carbons (Fsp3) is 0.130. The standard InChI is InChI=1S/C23H18N4O3S/c1-29-15-8-9-16(20(10-15)30-2)19(28)13-31-23-18(12-25)21(14-6-4-3-5-7-14)17(11-24)22(26)27-23/h3-10H,13H2,1-2H3,(H2,26,27). The van der Waals surface area contributed by atoms with Crippen molar-refractivity contribution < 1.29 is 14.3 Å². The Labute approximate surface area is 184 Å². The van der Waals surface area contributed by atoms with Crippen molar-refractivity contribution in [3.63, 3.8) is 0 Å². The van der Waals surface area contributed by atoms with Gasteiger partial charge in [0.15, 0.2) is 5.78 Å². The lowest BCUT2D eigenvalue weighted by Gasteiger charge is -2.13. The Morgan fingerprint density at radius 2 is 1.77 bits per heavy atom. The second-order valence-corrected chi connectivity index (χ2v) is 7.26. The number of nitriles is 2. The molecule has 31 heavy (non-hydrogen) atoms. The smallest absolute Gasteiger partial charge is 0.176 e. The molecule has 0 spiro atoms. The van der Waals surface area contributed by atoms with Crippen LogP contribution in [-0.2, 0) is 0 Å². The number of pyridine rings is 1. The van der Waals surface area contributed by atoms with Gasteiger partial charge in [-0.15, -0.1) is 0 Å². The predicted octanol–water partition coefficient (Wildman–Crippen LogP) is 4.07. The van der Waals surface area contributed by atoms with Crippen LogP contribution in [0, 0.1) is 22.7 Å². The highest BCUT2D eigenvalue weighted by atomic mass is 32.2. The van der Waals surface area contributed by atoms with Crippen LogP contribution in [-0.4, -0.2) is 30.7 Å². The van der Waals surface area contributed by atoms with Crippen LogP contribution in [0.2, 0.25) is 0 Å². The number of Topliss-reactive ketones (excluding diaryl/α,β-unsaturated/α-hetero) is 1. The number of thioether (sulfide) groups is 1. The Kier molecular flexibility index (Phi) is 6.76. The zero-order chi connectivity index (χ0) is 22.4. The van der Waals surface area contributed by atoms with E-state index in [1.807, 2.05) is 12.1 Å². The molecule has 0 amide bonds. The summed E-state index contributed by atoms with van der Waals surface area (Å²) >= 11 is 1.09. The summed E-state index contributed by atoms with van der Waals surface area (Å²) in [5, 5.41) is 19.7. The van der Waals surface area contributed by atoms with Crippen molar-refractivity contribution in [2.75, 3.05) is 25.7 Å². The molecule has 0 bridgehead atoms. The lowest BCUT2D eigenvalue weighted by molar-refractivity contribution is 0.101. The van der Waals surface area contributed by atoms with Gasteiger partial charge in [0.1, 0.15) is 40.0 Å². The maximum absolute atomic E-state index is 12.8. The highest BCUT2D eigenvalue weighted by Gasteiger charge is 2.22. The second kappa shape index (κ2) is 9.66. The minimum Gasteiger partial charge on any atom is -0.497 e. The van der Waals surface area contributed by atoms with Crippen LogP contribution in [0.3, 0.4) is 0 Å². The number of aromatic nitrogens is 1. The maximum Gasteiger partial charge on any atom is 0.176 e. The van der Waals surface area contributed by atoms with Gasteiger partial charge in [-0.05, 0) is 17.7 Å².